The van der Waals surface area contributed by atoms with Crippen molar-refractivity contribution in [2.24, 2.45) is 0 Å². The molecule has 0 radical (unpaired) electrons. The summed E-state index contributed by atoms with van der Waals surface area (Å²) in [5.41, 5.74) is 0.791. The molecule has 2 aromatic carbocycles. The molecule has 0 spiro atoms. The van der Waals surface area contributed by atoms with Gasteiger partial charge in [-0.15, -0.1) is 0 Å². The number of benzene rings is 2. The van der Waals surface area contributed by atoms with E-state index in [-0.39, 0.29) is 16.4 Å². The molecule has 1 heterocycles. The number of hydrogen-bond acceptors (Lipinski definition) is 5. The fourth-order valence-corrected chi connectivity index (χ4v) is 4.34. The van der Waals surface area contributed by atoms with Gasteiger partial charge in [0.05, 0.1) is 30.8 Å². The molecular formula is C20H23FN2O5S. The van der Waals surface area contributed by atoms with Gasteiger partial charge in [0, 0.05) is 19.1 Å². The molecule has 0 saturated carbocycles. The number of sulfonamides is 1. The molecule has 29 heavy (non-hydrogen) atoms. The first kappa shape index (κ1) is 21.2. The summed E-state index contributed by atoms with van der Waals surface area (Å²) in [4.78, 5) is 14.4. The third kappa shape index (κ3) is 4.92. The SMILES string of the molecule is COc1ccc(S(=O)(=O)NC(C)c2ccc(F)cc2)cc1C(=O)N1CCOCC1. The van der Waals surface area contributed by atoms with E-state index in [2.05, 4.69) is 4.72 Å². The molecule has 1 aliphatic rings. The average molecular weight is 422 g/mol. The number of ether oxygens (including phenoxy) is 2. The molecule has 9 heteroatoms. The molecule has 2 aromatic rings. The third-order valence-corrected chi connectivity index (χ3v) is 6.25. The summed E-state index contributed by atoms with van der Waals surface area (Å²) in [6.07, 6.45) is 0. The number of carbonyl (C=O) groups excluding carboxylic acids is 1. The maximum Gasteiger partial charge on any atom is 0.257 e. The Hall–Kier alpha value is -2.49. The van der Waals surface area contributed by atoms with Crippen molar-refractivity contribution in [2.75, 3.05) is 33.4 Å². The highest BCUT2D eigenvalue weighted by Crippen LogP contribution is 2.25. The number of hydrogen-bond donors (Lipinski definition) is 1. The fourth-order valence-electron chi connectivity index (χ4n) is 3.08. The Labute approximate surface area is 169 Å². The van der Waals surface area contributed by atoms with E-state index in [1.165, 1.54) is 49.6 Å². The van der Waals surface area contributed by atoms with Gasteiger partial charge in [-0.2, -0.15) is 0 Å². The van der Waals surface area contributed by atoms with Crippen LogP contribution < -0.4 is 9.46 Å². The minimum absolute atomic E-state index is 0.0520. The van der Waals surface area contributed by atoms with Crippen LogP contribution in [0, 0.1) is 5.82 Å². The van der Waals surface area contributed by atoms with Crippen molar-refractivity contribution in [2.45, 2.75) is 17.9 Å². The first-order chi connectivity index (χ1) is 13.8. The summed E-state index contributed by atoms with van der Waals surface area (Å²) in [7, 11) is -2.50. The molecule has 1 atom stereocenters. The van der Waals surface area contributed by atoms with Crippen LogP contribution in [0.2, 0.25) is 0 Å². The topological polar surface area (TPSA) is 84.9 Å². The zero-order valence-electron chi connectivity index (χ0n) is 16.2. The first-order valence-electron chi connectivity index (χ1n) is 9.14. The van der Waals surface area contributed by atoms with Crippen molar-refractivity contribution in [3.8, 4) is 5.75 Å². The van der Waals surface area contributed by atoms with E-state index >= 15 is 0 Å². The summed E-state index contributed by atoms with van der Waals surface area (Å²) in [6.45, 7) is 3.39. The second kappa shape index (κ2) is 8.89. The Bertz CT molecular complexity index is 973. The molecule has 1 unspecified atom stereocenters. The minimum Gasteiger partial charge on any atom is -0.496 e. The lowest BCUT2D eigenvalue weighted by atomic mass is 10.1. The predicted molar refractivity (Wildman–Crippen MR) is 105 cm³/mol. The van der Waals surface area contributed by atoms with Crippen molar-refractivity contribution >= 4 is 15.9 Å². The largest absolute Gasteiger partial charge is 0.496 e. The minimum atomic E-state index is -3.92. The van der Waals surface area contributed by atoms with Gasteiger partial charge >= 0.3 is 0 Å². The van der Waals surface area contributed by atoms with Crippen molar-refractivity contribution in [3.63, 3.8) is 0 Å². The monoisotopic (exact) mass is 422 g/mol. The van der Waals surface area contributed by atoms with Gasteiger partial charge in [-0.25, -0.2) is 17.5 Å². The van der Waals surface area contributed by atoms with Crippen molar-refractivity contribution in [1.82, 2.24) is 9.62 Å². The highest BCUT2D eigenvalue weighted by molar-refractivity contribution is 7.89. The first-order valence-corrected chi connectivity index (χ1v) is 10.6. The van der Waals surface area contributed by atoms with E-state index in [1.807, 2.05) is 0 Å². The molecule has 1 fully saturated rings. The Kier molecular flexibility index (Phi) is 6.51. The Balaban J connectivity index is 1.86. The van der Waals surface area contributed by atoms with Gasteiger partial charge in [0.2, 0.25) is 10.0 Å². The number of nitrogens with one attached hydrogen (secondary N) is 1. The Morgan fingerprint density at radius 3 is 2.45 bits per heavy atom. The highest BCUT2D eigenvalue weighted by atomic mass is 32.2. The molecule has 1 aliphatic heterocycles. The lowest BCUT2D eigenvalue weighted by Gasteiger charge is -2.27. The zero-order chi connectivity index (χ0) is 21.0. The molecular weight excluding hydrogens is 399 g/mol. The second-order valence-electron chi connectivity index (χ2n) is 6.66. The number of methoxy groups -OCH3 is 1. The summed E-state index contributed by atoms with van der Waals surface area (Å²) in [6, 6.07) is 9.16. The second-order valence-corrected chi connectivity index (χ2v) is 8.38. The molecule has 0 bridgehead atoms. The van der Waals surface area contributed by atoms with Gasteiger partial charge in [0.15, 0.2) is 0 Å². The predicted octanol–water partition coefficient (Wildman–Crippen LogP) is 2.35. The smallest absolute Gasteiger partial charge is 0.257 e. The van der Waals surface area contributed by atoms with Gasteiger partial charge in [-0.05, 0) is 42.8 Å². The molecule has 1 N–H and O–H groups in total. The Morgan fingerprint density at radius 1 is 1.17 bits per heavy atom. The van der Waals surface area contributed by atoms with Gasteiger partial charge in [-0.3, -0.25) is 4.79 Å². The number of rotatable bonds is 6. The number of nitrogens with zero attached hydrogens (tertiary/aromatic N) is 1. The van der Waals surface area contributed by atoms with Crippen LogP contribution in [0.1, 0.15) is 28.9 Å². The van der Waals surface area contributed by atoms with Gasteiger partial charge in [-0.1, -0.05) is 12.1 Å². The fraction of sp³-hybridized carbons (Fsp3) is 0.350. The van der Waals surface area contributed by atoms with Crippen LogP contribution in [0.5, 0.6) is 5.75 Å². The van der Waals surface area contributed by atoms with Gasteiger partial charge in [0.1, 0.15) is 11.6 Å². The lowest BCUT2D eigenvalue weighted by molar-refractivity contribution is 0.0300. The number of carbonyl (C=O) groups is 1. The lowest BCUT2D eigenvalue weighted by Crippen LogP contribution is -2.40. The molecule has 1 saturated heterocycles. The molecule has 0 aromatic heterocycles. The number of halogens is 1. The van der Waals surface area contributed by atoms with Crippen molar-refractivity contribution < 1.29 is 27.1 Å². The maximum absolute atomic E-state index is 13.1. The van der Waals surface area contributed by atoms with Crippen LogP contribution in [0.25, 0.3) is 0 Å². The normalized spacial score (nSPS) is 15.8. The molecule has 1 amide bonds. The van der Waals surface area contributed by atoms with E-state index in [1.54, 1.807) is 11.8 Å². The molecule has 0 aliphatic carbocycles. The van der Waals surface area contributed by atoms with Crippen LogP contribution in [0.15, 0.2) is 47.4 Å². The van der Waals surface area contributed by atoms with E-state index < -0.39 is 21.9 Å². The summed E-state index contributed by atoms with van der Waals surface area (Å²) >= 11 is 0. The Morgan fingerprint density at radius 2 is 1.83 bits per heavy atom. The van der Waals surface area contributed by atoms with E-state index in [0.717, 1.165) is 0 Å². The maximum atomic E-state index is 13.1. The quantitative estimate of drug-likeness (QED) is 0.773. The summed E-state index contributed by atoms with van der Waals surface area (Å²) < 4.78 is 51.9. The van der Waals surface area contributed by atoms with Crippen LogP contribution in [0.4, 0.5) is 4.39 Å². The highest BCUT2D eigenvalue weighted by Gasteiger charge is 2.25. The molecule has 156 valence electrons. The summed E-state index contributed by atoms with van der Waals surface area (Å²) in [5, 5.41) is 0. The average Bonchev–Trinajstić information content (AvgIpc) is 2.73. The van der Waals surface area contributed by atoms with Crippen LogP contribution >= 0.6 is 0 Å². The van der Waals surface area contributed by atoms with E-state index in [9.17, 15) is 17.6 Å². The van der Waals surface area contributed by atoms with Gasteiger partial charge in [0.25, 0.3) is 5.91 Å². The third-order valence-electron chi connectivity index (χ3n) is 4.71. The van der Waals surface area contributed by atoms with E-state index in [4.69, 9.17) is 9.47 Å². The van der Waals surface area contributed by atoms with Crippen LogP contribution in [-0.4, -0.2) is 52.6 Å². The van der Waals surface area contributed by atoms with Crippen molar-refractivity contribution in [1.29, 1.82) is 0 Å². The van der Waals surface area contributed by atoms with Gasteiger partial charge < -0.3 is 14.4 Å². The molecule has 3 rings (SSSR count). The van der Waals surface area contributed by atoms with Crippen LogP contribution in [-0.2, 0) is 14.8 Å². The van der Waals surface area contributed by atoms with Crippen LogP contribution in [0.3, 0.4) is 0 Å². The van der Waals surface area contributed by atoms with Crippen molar-refractivity contribution in [3.05, 3.63) is 59.4 Å². The summed E-state index contributed by atoms with van der Waals surface area (Å²) in [5.74, 6) is -0.411. The van der Waals surface area contributed by atoms with E-state index in [0.29, 0.717) is 37.6 Å². The standard InChI is InChI=1S/C20H23FN2O5S/c1-14(15-3-5-16(21)6-4-15)22-29(25,26)17-7-8-19(27-2)18(13-17)20(24)23-9-11-28-12-10-23/h3-8,13-14,22H,9-12H2,1-2H3. The number of morpholine rings is 1. The zero-order valence-corrected chi connectivity index (χ0v) is 17.0. The number of amides is 1. The molecule has 7 nitrogen and oxygen atoms in total.